The lowest BCUT2D eigenvalue weighted by Crippen LogP contribution is -2.43. The van der Waals surface area contributed by atoms with Crippen LogP contribution < -0.4 is 0 Å². The number of carboxylic acids is 1. The molecular weight excluding hydrogens is 172 g/mol. The number of aliphatic hydroxyl groups excluding tert-OH is 1. The molecule has 13 heavy (non-hydrogen) atoms. The van der Waals surface area contributed by atoms with Crippen LogP contribution in [0, 0.1) is 11.3 Å². The normalized spacial score (nSPS) is 23.8. The Hall–Kier alpha value is -0.610. The van der Waals surface area contributed by atoms with Gasteiger partial charge in [0.15, 0.2) is 0 Å². The van der Waals surface area contributed by atoms with Crippen molar-refractivity contribution in [2.45, 2.75) is 19.8 Å². The molecule has 0 radical (unpaired) electrons. The van der Waals surface area contributed by atoms with E-state index >= 15 is 0 Å². The Kier molecular flexibility index (Phi) is 3.27. The highest BCUT2D eigenvalue weighted by Crippen LogP contribution is 2.38. The number of carbonyl (C=O) groups is 1. The molecule has 1 heterocycles. The van der Waals surface area contributed by atoms with Crippen molar-refractivity contribution < 1.29 is 19.7 Å². The van der Waals surface area contributed by atoms with Crippen molar-refractivity contribution in [1.29, 1.82) is 0 Å². The van der Waals surface area contributed by atoms with Crippen LogP contribution in [0.3, 0.4) is 0 Å². The summed E-state index contributed by atoms with van der Waals surface area (Å²) < 4.78 is 5.12. The van der Waals surface area contributed by atoms with Gasteiger partial charge in [0.2, 0.25) is 0 Å². The number of ether oxygens (including phenoxy) is 1. The third-order valence-electron chi connectivity index (χ3n) is 3.03. The first kappa shape index (κ1) is 10.5. The SMILES string of the molecule is CC(CO)C1(C(=O)O)CCOCC1. The van der Waals surface area contributed by atoms with Gasteiger partial charge in [0.25, 0.3) is 0 Å². The first-order valence-electron chi connectivity index (χ1n) is 4.55. The maximum absolute atomic E-state index is 11.1. The average Bonchev–Trinajstić information content (AvgIpc) is 2.17. The second-order valence-electron chi connectivity index (χ2n) is 3.66. The van der Waals surface area contributed by atoms with Crippen LogP contribution in [-0.2, 0) is 9.53 Å². The molecule has 4 nitrogen and oxygen atoms in total. The quantitative estimate of drug-likeness (QED) is 0.676. The Morgan fingerprint density at radius 3 is 2.46 bits per heavy atom. The summed E-state index contributed by atoms with van der Waals surface area (Å²) in [7, 11) is 0. The molecule has 76 valence electrons. The predicted octanol–water partition coefficient (Wildman–Crippen LogP) is 0.496. The minimum absolute atomic E-state index is 0.0771. The molecule has 0 aromatic heterocycles. The number of hydrogen-bond acceptors (Lipinski definition) is 3. The van der Waals surface area contributed by atoms with Gasteiger partial charge >= 0.3 is 5.97 Å². The largest absolute Gasteiger partial charge is 0.481 e. The van der Waals surface area contributed by atoms with E-state index in [1.165, 1.54) is 0 Å². The van der Waals surface area contributed by atoms with Crippen LogP contribution in [0.4, 0.5) is 0 Å². The van der Waals surface area contributed by atoms with Crippen molar-refractivity contribution in [3.8, 4) is 0 Å². The van der Waals surface area contributed by atoms with Crippen molar-refractivity contribution >= 4 is 5.97 Å². The van der Waals surface area contributed by atoms with E-state index < -0.39 is 11.4 Å². The standard InChI is InChI=1S/C9H16O4/c1-7(6-10)9(8(11)12)2-4-13-5-3-9/h7,10H,2-6H2,1H3,(H,11,12). The number of carboxylic acid groups (broad SMARTS) is 1. The molecule has 0 aliphatic carbocycles. The van der Waals surface area contributed by atoms with E-state index in [0.717, 1.165) is 0 Å². The highest BCUT2D eigenvalue weighted by molar-refractivity contribution is 5.75. The maximum Gasteiger partial charge on any atom is 0.310 e. The Morgan fingerprint density at radius 1 is 1.54 bits per heavy atom. The Bertz CT molecular complexity index is 184. The van der Waals surface area contributed by atoms with E-state index in [4.69, 9.17) is 14.9 Å². The van der Waals surface area contributed by atoms with E-state index in [1.807, 2.05) is 0 Å². The summed E-state index contributed by atoms with van der Waals surface area (Å²) in [6.45, 7) is 2.67. The first-order valence-corrected chi connectivity index (χ1v) is 4.55. The fourth-order valence-corrected chi connectivity index (χ4v) is 1.83. The van der Waals surface area contributed by atoms with Crippen molar-refractivity contribution in [3.05, 3.63) is 0 Å². The fourth-order valence-electron chi connectivity index (χ4n) is 1.83. The summed E-state index contributed by atoms with van der Waals surface area (Å²) in [5, 5.41) is 18.1. The fraction of sp³-hybridized carbons (Fsp3) is 0.889. The van der Waals surface area contributed by atoms with Crippen LogP contribution in [-0.4, -0.2) is 36.0 Å². The summed E-state index contributed by atoms with van der Waals surface area (Å²) in [5.74, 6) is -1.01. The molecule has 1 aliphatic heterocycles. The topological polar surface area (TPSA) is 66.8 Å². The Labute approximate surface area is 77.5 Å². The number of aliphatic carboxylic acids is 1. The van der Waals surface area contributed by atoms with Gasteiger partial charge < -0.3 is 14.9 Å². The molecule has 1 atom stereocenters. The predicted molar refractivity (Wildman–Crippen MR) is 46.4 cm³/mol. The smallest absolute Gasteiger partial charge is 0.310 e. The van der Waals surface area contributed by atoms with Gasteiger partial charge in [-0.15, -0.1) is 0 Å². The highest BCUT2D eigenvalue weighted by Gasteiger charge is 2.44. The van der Waals surface area contributed by atoms with Crippen LogP contribution in [0.15, 0.2) is 0 Å². The second kappa shape index (κ2) is 4.07. The van der Waals surface area contributed by atoms with E-state index in [2.05, 4.69) is 0 Å². The molecule has 4 heteroatoms. The molecule has 2 N–H and O–H groups in total. The third kappa shape index (κ3) is 1.84. The van der Waals surface area contributed by atoms with Crippen molar-refractivity contribution in [1.82, 2.24) is 0 Å². The van der Waals surface area contributed by atoms with Crippen molar-refractivity contribution in [2.75, 3.05) is 19.8 Å². The second-order valence-corrected chi connectivity index (χ2v) is 3.66. The Balaban J connectivity index is 2.78. The van der Waals surface area contributed by atoms with Gasteiger partial charge in [-0.25, -0.2) is 0 Å². The minimum atomic E-state index is -0.808. The summed E-state index contributed by atoms with van der Waals surface area (Å²) >= 11 is 0. The summed E-state index contributed by atoms with van der Waals surface area (Å²) in [6.07, 6.45) is 1.01. The van der Waals surface area contributed by atoms with Gasteiger partial charge in [-0.3, -0.25) is 4.79 Å². The minimum Gasteiger partial charge on any atom is -0.481 e. The molecule has 0 saturated carbocycles. The van der Waals surface area contributed by atoms with Crippen molar-refractivity contribution in [3.63, 3.8) is 0 Å². The maximum atomic E-state index is 11.1. The molecule has 0 bridgehead atoms. The van der Waals surface area contributed by atoms with Crippen LogP contribution in [0.1, 0.15) is 19.8 Å². The zero-order valence-electron chi connectivity index (χ0n) is 7.82. The van der Waals surface area contributed by atoms with Gasteiger partial charge in [-0.2, -0.15) is 0 Å². The lowest BCUT2D eigenvalue weighted by Gasteiger charge is -2.37. The molecule has 1 fully saturated rings. The summed E-state index contributed by atoms with van der Waals surface area (Å²) in [5.41, 5.74) is -0.771. The van der Waals surface area contributed by atoms with E-state index in [9.17, 15) is 4.79 Å². The van der Waals surface area contributed by atoms with Crippen LogP contribution in [0.2, 0.25) is 0 Å². The molecule has 1 saturated heterocycles. The Morgan fingerprint density at radius 2 is 2.08 bits per heavy atom. The van der Waals surface area contributed by atoms with E-state index in [1.54, 1.807) is 6.92 Å². The van der Waals surface area contributed by atoms with Gasteiger partial charge in [0, 0.05) is 19.8 Å². The van der Waals surface area contributed by atoms with Crippen LogP contribution in [0.5, 0.6) is 0 Å². The number of hydrogen-bond donors (Lipinski definition) is 2. The molecule has 1 unspecified atom stereocenters. The lowest BCUT2D eigenvalue weighted by molar-refractivity contribution is -0.161. The molecule has 1 aliphatic rings. The number of rotatable bonds is 3. The summed E-state index contributed by atoms with van der Waals surface area (Å²) in [6, 6.07) is 0. The van der Waals surface area contributed by atoms with Gasteiger partial charge in [0.1, 0.15) is 0 Å². The highest BCUT2D eigenvalue weighted by atomic mass is 16.5. The van der Waals surface area contributed by atoms with Gasteiger partial charge in [-0.1, -0.05) is 6.92 Å². The third-order valence-corrected chi connectivity index (χ3v) is 3.03. The van der Waals surface area contributed by atoms with Crippen LogP contribution >= 0.6 is 0 Å². The first-order chi connectivity index (χ1) is 6.13. The lowest BCUT2D eigenvalue weighted by atomic mass is 9.71. The van der Waals surface area contributed by atoms with E-state index in [-0.39, 0.29) is 12.5 Å². The average molecular weight is 188 g/mol. The zero-order chi connectivity index (χ0) is 9.90. The van der Waals surface area contributed by atoms with Gasteiger partial charge in [-0.05, 0) is 18.8 Å². The molecule has 1 rings (SSSR count). The molecule has 0 aromatic rings. The molecule has 0 aromatic carbocycles. The molecular formula is C9H16O4. The van der Waals surface area contributed by atoms with Gasteiger partial charge in [0.05, 0.1) is 5.41 Å². The van der Waals surface area contributed by atoms with Crippen LogP contribution in [0.25, 0.3) is 0 Å². The zero-order valence-corrected chi connectivity index (χ0v) is 7.82. The monoisotopic (exact) mass is 188 g/mol. The number of aliphatic hydroxyl groups is 1. The van der Waals surface area contributed by atoms with Crippen molar-refractivity contribution in [2.24, 2.45) is 11.3 Å². The summed E-state index contributed by atoms with van der Waals surface area (Å²) in [4.78, 5) is 11.1. The molecule has 0 amide bonds. The molecule has 0 spiro atoms. The van der Waals surface area contributed by atoms with E-state index in [0.29, 0.717) is 26.1 Å².